The summed E-state index contributed by atoms with van der Waals surface area (Å²) in [4.78, 5) is 11.3. The SMILES string of the molecule is [CH2-][NH+]1CCOCC1=O. The van der Waals surface area contributed by atoms with Crippen molar-refractivity contribution in [3.63, 3.8) is 0 Å². The lowest BCUT2D eigenvalue weighted by atomic mass is 10.4. The van der Waals surface area contributed by atoms with Crippen molar-refractivity contribution in [1.29, 1.82) is 0 Å². The van der Waals surface area contributed by atoms with Gasteiger partial charge in [0, 0.05) is 0 Å². The van der Waals surface area contributed by atoms with Crippen molar-refractivity contribution in [3.05, 3.63) is 7.05 Å². The van der Waals surface area contributed by atoms with E-state index < -0.39 is 0 Å². The average Bonchev–Trinajstić information content (AvgIpc) is 1.77. The molecule has 3 nitrogen and oxygen atoms in total. The molecule has 46 valence electrons. The Morgan fingerprint density at radius 1 is 1.75 bits per heavy atom. The molecule has 1 atom stereocenters. The predicted molar refractivity (Wildman–Crippen MR) is 27.0 cm³/mol. The summed E-state index contributed by atoms with van der Waals surface area (Å²) in [5.74, 6) is 0.0521. The van der Waals surface area contributed by atoms with Crippen molar-refractivity contribution >= 4 is 5.91 Å². The van der Waals surface area contributed by atoms with Crippen molar-refractivity contribution in [2.75, 3.05) is 19.8 Å². The number of rotatable bonds is 0. The van der Waals surface area contributed by atoms with Crippen molar-refractivity contribution < 1.29 is 14.4 Å². The fourth-order valence-electron chi connectivity index (χ4n) is 0.602. The molecule has 1 fully saturated rings. The van der Waals surface area contributed by atoms with Gasteiger partial charge in [-0.3, -0.25) is 0 Å². The van der Waals surface area contributed by atoms with E-state index in [0.29, 0.717) is 18.1 Å². The fourth-order valence-corrected chi connectivity index (χ4v) is 0.602. The first-order valence-electron chi connectivity index (χ1n) is 2.59. The molecule has 1 N–H and O–H groups in total. The largest absolute Gasteiger partial charge is 0.400 e. The first-order valence-corrected chi connectivity index (χ1v) is 2.59. The molecule has 1 aliphatic rings. The molecule has 0 aromatic rings. The zero-order valence-electron chi connectivity index (χ0n) is 4.64. The van der Waals surface area contributed by atoms with E-state index in [1.807, 2.05) is 0 Å². The van der Waals surface area contributed by atoms with Gasteiger partial charge in [0.15, 0.2) is 6.61 Å². The van der Waals surface area contributed by atoms with Gasteiger partial charge < -0.3 is 9.64 Å². The van der Waals surface area contributed by atoms with E-state index >= 15 is 0 Å². The zero-order chi connectivity index (χ0) is 5.98. The van der Waals surface area contributed by atoms with Gasteiger partial charge in [0.2, 0.25) is 0 Å². The molecule has 0 aromatic heterocycles. The first kappa shape index (κ1) is 5.72. The number of quaternary nitrogens is 1. The van der Waals surface area contributed by atoms with Crippen LogP contribution in [0.2, 0.25) is 0 Å². The molecule has 1 unspecified atom stereocenters. The van der Waals surface area contributed by atoms with Crippen LogP contribution in [0.3, 0.4) is 0 Å². The fraction of sp³-hybridized carbons (Fsp3) is 0.600. The molecule has 3 heteroatoms. The summed E-state index contributed by atoms with van der Waals surface area (Å²) in [6.07, 6.45) is 0. The number of hydrogen-bond acceptors (Lipinski definition) is 2. The maximum atomic E-state index is 10.6. The summed E-state index contributed by atoms with van der Waals surface area (Å²) in [5, 5.41) is 0. The van der Waals surface area contributed by atoms with Crippen LogP contribution in [0.4, 0.5) is 0 Å². The second-order valence-corrected chi connectivity index (χ2v) is 1.83. The monoisotopic (exact) mass is 115 g/mol. The second-order valence-electron chi connectivity index (χ2n) is 1.83. The average molecular weight is 115 g/mol. The number of carbonyl (C=O) groups is 1. The molecule has 1 amide bonds. The summed E-state index contributed by atoms with van der Waals surface area (Å²) < 4.78 is 4.84. The molecule has 0 spiro atoms. The minimum absolute atomic E-state index is 0.0521. The van der Waals surface area contributed by atoms with E-state index in [2.05, 4.69) is 7.05 Å². The zero-order valence-corrected chi connectivity index (χ0v) is 4.64. The lowest BCUT2D eigenvalue weighted by Gasteiger charge is -2.22. The highest BCUT2D eigenvalue weighted by Gasteiger charge is 2.14. The molecular formula is C5H9NO2. The van der Waals surface area contributed by atoms with E-state index in [-0.39, 0.29) is 12.5 Å². The van der Waals surface area contributed by atoms with Crippen LogP contribution in [0.5, 0.6) is 0 Å². The molecule has 0 saturated carbocycles. The van der Waals surface area contributed by atoms with Crippen molar-refractivity contribution in [2.45, 2.75) is 0 Å². The van der Waals surface area contributed by atoms with Gasteiger partial charge in [0.05, 0.1) is 13.2 Å². The predicted octanol–water partition coefficient (Wildman–Crippen LogP) is -1.78. The maximum Gasteiger partial charge on any atom is 0.312 e. The summed E-state index contributed by atoms with van der Waals surface area (Å²) in [5.41, 5.74) is 0. The molecular weight excluding hydrogens is 106 g/mol. The van der Waals surface area contributed by atoms with Crippen LogP contribution in [-0.4, -0.2) is 25.7 Å². The van der Waals surface area contributed by atoms with E-state index in [4.69, 9.17) is 4.74 Å². The van der Waals surface area contributed by atoms with Gasteiger partial charge in [-0.25, -0.2) is 4.79 Å². The Hall–Kier alpha value is -0.410. The van der Waals surface area contributed by atoms with Crippen LogP contribution in [-0.2, 0) is 9.53 Å². The molecule has 0 aromatic carbocycles. The standard InChI is InChI=1S/C5H9NO2/c1-6-2-3-8-4-5(6)7/h6H,1-4H2. The summed E-state index contributed by atoms with van der Waals surface area (Å²) in [6.45, 7) is 1.60. The van der Waals surface area contributed by atoms with Crippen LogP contribution in [0.15, 0.2) is 0 Å². The second kappa shape index (κ2) is 2.24. The van der Waals surface area contributed by atoms with Gasteiger partial charge in [0.25, 0.3) is 0 Å². The quantitative estimate of drug-likeness (QED) is 0.378. The Morgan fingerprint density at radius 3 is 2.88 bits per heavy atom. The third kappa shape index (κ3) is 1.05. The normalized spacial score (nSPS) is 30.6. The van der Waals surface area contributed by atoms with E-state index in [9.17, 15) is 4.79 Å². The number of hydrogen-bond donors (Lipinski definition) is 1. The highest BCUT2D eigenvalue weighted by Crippen LogP contribution is 1.74. The Bertz CT molecular complexity index is 103. The first-order chi connectivity index (χ1) is 3.80. The van der Waals surface area contributed by atoms with Crippen LogP contribution in [0.1, 0.15) is 0 Å². The third-order valence-electron chi connectivity index (χ3n) is 1.18. The maximum absolute atomic E-state index is 10.6. The molecule has 0 aliphatic carbocycles. The van der Waals surface area contributed by atoms with Crippen molar-refractivity contribution in [1.82, 2.24) is 0 Å². The van der Waals surface area contributed by atoms with Crippen LogP contribution >= 0.6 is 0 Å². The Labute approximate surface area is 48.2 Å². The van der Waals surface area contributed by atoms with Gasteiger partial charge in [-0.1, -0.05) is 0 Å². The molecule has 1 rings (SSSR count). The molecule has 0 bridgehead atoms. The Kier molecular flexibility index (Phi) is 1.60. The summed E-state index contributed by atoms with van der Waals surface area (Å²) >= 11 is 0. The topological polar surface area (TPSA) is 30.7 Å². The van der Waals surface area contributed by atoms with E-state index in [0.717, 1.165) is 0 Å². The molecule has 1 saturated heterocycles. The molecule has 1 aliphatic heterocycles. The molecule has 0 radical (unpaired) electrons. The van der Waals surface area contributed by atoms with Crippen molar-refractivity contribution in [2.24, 2.45) is 0 Å². The van der Waals surface area contributed by atoms with E-state index in [1.165, 1.54) is 0 Å². The summed E-state index contributed by atoms with van der Waals surface area (Å²) in [7, 11) is 3.57. The van der Waals surface area contributed by atoms with Gasteiger partial charge in [-0.15, -0.1) is 7.05 Å². The van der Waals surface area contributed by atoms with Gasteiger partial charge >= 0.3 is 5.91 Å². The van der Waals surface area contributed by atoms with Crippen LogP contribution in [0, 0.1) is 7.05 Å². The highest BCUT2D eigenvalue weighted by atomic mass is 16.5. The molecule has 8 heavy (non-hydrogen) atoms. The van der Waals surface area contributed by atoms with E-state index in [1.54, 1.807) is 0 Å². The van der Waals surface area contributed by atoms with Crippen LogP contribution in [0.25, 0.3) is 0 Å². The minimum Gasteiger partial charge on any atom is -0.400 e. The Morgan fingerprint density at radius 2 is 2.50 bits per heavy atom. The van der Waals surface area contributed by atoms with Crippen molar-refractivity contribution in [3.8, 4) is 0 Å². The number of nitrogens with one attached hydrogen (secondary N) is 1. The van der Waals surface area contributed by atoms with Gasteiger partial charge in [-0.05, 0) is 0 Å². The number of morpholine rings is 1. The number of amides is 1. The lowest BCUT2D eigenvalue weighted by molar-refractivity contribution is -0.778. The number of ether oxygens (including phenoxy) is 1. The van der Waals surface area contributed by atoms with Crippen LogP contribution < -0.4 is 4.90 Å². The van der Waals surface area contributed by atoms with Gasteiger partial charge in [-0.2, -0.15) is 0 Å². The third-order valence-corrected chi connectivity index (χ3v) is 1.18. The smallest absolute Gasteiger partial charge is 0.312 e. The highest BCUT2D eigenvalue weighted by molar-refractivity contribution is 5.68. The summed E-state index contributed by atoms with van der Waals surface area (Å²) in [6, 6.07) is 0. The van der Waals surface area contributed by atoms with Gasteiger partial charge in [0.1, 0.15) is 0 Å². The Balaban J connectivity index is 2.39. The number of carbonyl (C=O) groups excluding carboxylic acids is 1. The minimum atomic E-state index is 0.0521. The lowest BCUT2D eigenvalue weighted by Crippen LogP contribution is -3.12. The molecule has 1 heterocycles.